The summed E-state index contributed by atoms with van der Waals surface area (Å²) in [5, 5.41) is 8.86. The van der Waals surface area contributed by atoms with E-state index in [1.807, 2.05) is 42.5 Å². The van der Waals surface area contributed by atoms with Crippen LogP contribution in [0.1, 0.15) is 25.7 Å². The Bertz CT molecular complexity index is 1180. The highest BCUT2D eigenvalue weighted by atomic mass is 79.9. The number of fused-ring (bicyclic) bond motifs is 1. The van der Waals surface area contributed by atoms with E-state index < -0.39 is 0 Å². The number of nitrogens with one attached hydrogen (secondary N) is 1. The molecule has 1 N–H and O–H groups in total. The summed E-state index contributed by atoms with van der Waals surface area (Å²) in [7, 11) is 0. The average molecular weight is 469 g/mol. The van der Waals surface area contributed by atoms with Crippen molar-refractivity contribution in [3.63, 3.8) is 0 Å². The van der Waals surface area contributed by atoms with E-state index in [-0.39, 0.29) is 0 Å². The first-order chi connectivity index (χ1) is 14.2. The number of hydrogen-bond acceptors (Lipinski definition) is 4. The molecule has 4 aromatic rings. The third-order valence-electron chi connectivity index (χ3n) is 5.31. The molecule has 5 rings (SSSR count). The summed E-state index contributed by atoms with van der Waals surface area (Å²) < 4.78 is 2.76. The Hall–Kier alpha value is -2.44. The molecule has 0 saturated heterocycles. The number of hydrogen-bond donors (Lipinski definition) is 1. The largest absolute Gasteiger partial charge is 0.351 e. The molecule has 0 spiro atoms. The maximum absolute atomic E-state index is 6.44. The Morgan fingerprint density at radius 2 is 1.90 bits per heavy atom. The number of rotatable bonds is 4. The van der Waals surface area contributed by atoms with Gasteiger partial charge in [-0.3, -0.25) is 0 Å². The molecular formula is C22H19BrClN5. The summed E-state index contributed by atoms with van der Waals surface area (Å²) in [6.07, 6.45) is 6.67. The average Bonchev–Trinajstić information content (AvgIpc) is 3.36. The van der Waals surface area contributed by atoms with E-state index in [4.69, 9.17) is 21.7 Å². The molecule has 1 fully saturated rings. The smallest absolute Gasteiger partial charge is 0.223 e. The Kier molecular flexibility index (Phi) is 4.97. The van der Waals surface area contributed by atoms with Crippen molar-refractivity contribution in [3.8, 4) is 22.5 Å². The third-order valence-corrected chi connectivity index (χ3v) is 6.09. The van der Waals surface area contributed by atoms with Gasteiger partial charge in [0.2, 0.25) is 5.95 Å². The van der Waals surface area contributed by atoms with Gasteiger partial charge in [-0.05, 0) is 43.2 Å². The van der Waals surface area contributed by atoms with Gasteiger partial charge in [0.15, 0.2) is 0 Å². The van der Waals surface area contributed by atoms with Crippen LogP contribution in [-0.4, -0.2) is 25.6 Å². The number of pyridine rings is 1. The first-order valence-corrected chi connectivity index (χ1v) is 10.9. The molecular weight excluding hydrogens is 450 g/mol. The van der Waals surface area contributed by atoms with Gasteiger partial charge in [-0.1, -0.05) is 58.6 Å². The fourth-order valence-corrected chi connectivity index (χ4v) is 4.55. The van der Waals surface area contributed by atoms with Gasteiger partial charge in [0.05, 0.1) is 16.8 Å². The van der Waals surface area contributed by atoms with Gasteiger partial charge in [0, 0.05) is 22.3 Å². The molecule has 0 bridgehead atoms. The highest BCUT2D eigenvalue weighted by molar-refractivity contribution is 9.10. The number of anilines is 1. The van der Waals surface area contributed by atoms with Crippen LogP contribution in [0.4, 0.5) is 5.95 Å². The van der Waals surface area contributed by atoms with E-state index in [0.717, 1.165) is 32.5 Å². The van der Waals surface area contributed by atoms with E-state index in [0.29, 0.717) is 17.1 Å². The predicted molar refractivity (Wildman–Crippen MR) is 120 cm³/mol. The van der Waals surface area contributed by atoms with Crippen LogP contribution < -0.4 is 5.32 Å². The quantitative estimate of drug-likeness (QED) is 0.361. The molecule has 1 saturated carbocycles. The Morgan fingerprint density at radius 3 is 2.72 bits per heavy atom. The van der Waals surface area contributed by atoms with Crippen molar-refractivity contribution in [1.82, 2.24) is 19.6 Å². The molecule has 146 valence electrons. The molecule has 0 atom stereocenters. The Morgan fingerprint density at radius 1 is 1.07 bits per heavy atom. The van der Waals surface area contributed by atoms with Crippen molar-refractivity contribution in [1.29, 1.82) is 0 Å². The van der Waals surface area contributed by atoms with Crippen LogP contribution in [-0.2, 0) is 0 Å². The second kappa shape index (κ2) is 7.76. The van der Waals surface area contributed by atoms with Crippen LogP contribution in [0.2, 0.25) is 5.15 Å². The first kappa shape index (κ1) is 18.6. The SMILES string of the molecule is Clc1cccc2c(-c3ccnc(NC4CCCC4)n3)c(-c3cccc(Br)c3)nn12. The van der Waals surface area contributed by atoms with Gasteiger partial charge < -0.3 is 5.32 Å². The molecule has 0 radical (unpaired) electrons. The fraction of sp³-hybridized carbons (Fsp3) is 0.227. The molecule has 1 aliphatic rings. The zero-order chi connectivity index (χ0) is 19.8. The third kappa shape index (κ3) is 3.63. The van der Waals surface area contributed by atoms with E-state index in [2.05, 4.69) is 32.3 Å². The van der Waals surface area contributed by atoms with Crippen molar-refractivity contribution in [2.24, 2.45) is 0 Å². The van der Waals surface area contributed by atoms with Crippen molar-refractivity contribution < 1.29 is 0 Å². The predicted octanol–water partition coefficient (Wildman–Crippen LogP) is 6.23. The molecule has 0 amide bonds. The number of aromatic nitrogens is 4. The number of halogens is 2. The summed E-state index contributed by atoms with van der Waals surface area (Å²) in [5.41, 5.74) is 4.52. The fourth-order valence-electron chi connectivity index (χ4n) is 3.95. The lowest BCUT2D eigenvalue weighted by Crippen LogP contribution is -2.16. The molecule has 29 heavy (non-hydrogen) atoms. The van der Waals surface area contributed by atoms with Crippen LogP contribution in [0.15, 0.2) is 59.2 Å². The lowest BCUT2D eigenvalue weighted by molar-refractivity contribution is 0.744. The van der Waals surface area contributed by atoms with Crippen molar-refractivity contribution in [2.75, 3.05) is 5.32 Å². The monoisotopic (exact) mass is 467 g/mol. The zero-order valence-corrected chi connectivity index (χ0v) is 18.0. The second-order valence-electron chi connectivity index (χ2n) is 7.27. The number of benzene rings is 1. The van der Waals surface area contributed by atoms with Crippen molar-refractivity contribution >= 4 is 39.0 Å². The van der Waals surface area contributed by atoms with Crippen molar-refractivity contribution in [2.45, 2.75) is 31.7 Å². The summed E-state index contributed by atoms with van der Waals surface area (Å²) >= 11 is 10.0. The summed E-state index contributed by atoms with van der Waals surface area (Å²) in [4.78, 5) is 9.28. The van der Waals surface area contributed by atoms with Gasteiger partial charge in [-0.15, -0.1) is 0 Å². The molecule has 0 aliphatic heterocycles. The highest BCUT2D eigenvalue weighted by Gasteiger charge is 2.20. The molecule has 5 nitrogen and oxygen atoms in total. The van der Waals surface area contributed by atoms with Crippen LogP contribution in [0.5, 0.6) is 0 Å². The van der Waals surface area contributed by atoms with Crippen LogP contribution in [0.3, 0.4) is 0 Å². The summed E-state index contributed by atoms with van der Waals surface area (Å²) in [6.45, 7) is 0. The molecule has 3 aromatic heterocycles. The van der Waals surface area contributed by atoms with Gasteiger partial charge in [-0.25, -0.2) is 14.5 Å². The van der Waals surface area contributed by atoms with Gasteiger partial charge >= 0.3 is 0 Å². The molecule has 7 heteroatoms. The normalized spacial score (nSPS) is 14.6. The van der Waals surface area contributed by atoms with Gasteiger partial charge in [-0.2, -0.15) is 5.10 Å². The minimum Gasteiger partial charge on any atom is -0.351 e. The van der Waals surface area contributed by atoms with Gasteiger partial charge in [0.1, 0.15) is 10.8 Å². The Balaban J connectivity index is 1.67. The Labute approximate surface area is 182 Å². The van der Waals surface area contributed by atoms with Crippen molar-refractivity contribution in [3.05, 3.63) is 64.4 Å². The lowest BCUT2D eigenvalue weighted by Gasteiger charge is -2.12. The van der Waals surface area contributed by atoms with E-state index >= 15 is 0 Å². The lowest BCUT2D eigenvalue weighted by atomic mass is 10.0. The molecule has 1 aromatic carbocycles. The highest BCUT2D eigenvalue weighted by Crippen LogP contribution is 2.36. The molecule has 0 unspecified atom stereocenters. The molecule has 1 aliphatic carbocycles. The standard InChI is InChI=1S/C22H19BrClN5/c23-15-6-3-5-14(13-15)21-20(18-9-4-10-19(24)29(18)28-21)17-11-12-25-22(27-17)26-16-7-1-2-8-16/h3-6,9-13,16H,1-2,7-8H2,(H,25,26,27). The van der Waals surface area contributed by atoms with Gasteiger partial charge in [0.25, 0.3) is 0 Å². The minimum absolute atomic E-state index is 0.452. The maximum atomic E-state index is 6.44. The molecule has 3 heterocycles. The topological polar surface area (TPSA) is 55.1 Å². The van der Waals surface area contributed by atoms with E-state index in [1.165, 1.54) is 25.7 Å². The maximum Gasteiger partial charge on any atom is 0.223 e. The number of nitrogens with zero attached hydrogens (tertiary/aromatic N) is 4. The zero-order valence-electron chi connectivity index (χ0n) is 15.6. The van der Waals surface area contributed by atoms with E-state index in [9.17, 15) is 0 Å². The summed E-state index contributed by atoms with van der Waals surface area (Å²) in [5.74, 6) is 0.663. The summed E-state index contributed by atoms with van der Waals surface area (Å²) in [6, 6.07) is 16.3. The van der Waals surface area contributed by atoms with Crippen LogP contribution in [0.25, 0.3) is 28.0 Å². The van der Waals surface area contributed by atoms with E-state index in [1.54, 1.807) is 10.7 Å². The minimum atomic E-state index is 0.452. The van der Waals surface area contributed by atoms with Crippen LogP contribution in [0, 0.1) is 0 Å². The van der Waals surface area contributed by atoms with Crippen LogP contribution >= 0.6 is 27.5 Å². The first-order valence-electron chi connectivity index (χ1n) is 9.72. The second-order valence-corrected chi connectivity index (χ2v) is 8.57.